The summed E-state index contributed by atoms with van der Waals surface area (Å²) in [6, 6.07) is 0. The van der Waals surface area contributed by atoms with Crippen LogP contribution < -0.4 is 0 Å². The van der Waals surface area contributed by atoms with Gasteiger partial charge in [0.2, 0.25) is 0 Å². The predicted octanol–water partition coefficient (Wildman–Crippen LogP) is 1.23. The highest BCUT2D eigenvalue weighted by Crippen LogP contribution is 2.00. The Morgan fingerprint density at radius 1 is 1.70 bits per heavy atom. The van der Waals surface area contributed by atoms with E-state index in [4.69, 9.17) is 10.1 Å². The molecule has 1 N–H and O–H groups in total. The van der Waals surface area contributed by atoms with E-state index < -0.39 is 0 Å². The molecule has 0 aromatic carbocycles. The van der Waals surface area contributed by atoms with E-state index in [9.17, 15) is 4.79 Å². The molecule has 0 fully saturated rings. The maximum absolute atomic E-state index is 10.8. The molecule has 1 unspecified atom stereocenters. The third kappa shape index (κ3) is 2.62. The molecule has 1 atom stereocenters. The second kappa shape index (κ2) is 4.97. The Kier molecular flexibility index (Phi) is 4.54. The Morgan fingerprint density at radius 3 is 2.60 bits per heavy atom. The molecule has 0 spiro atoms. The normalized spacial score (nSPS) is 12.2. The Morgan fingerprint density at radius 2 is 2.30 bits per heavy atom. The largest absolute Gasteiger partial charge is 0.465 e. The van der Waals surface area contributed by atoms with Gasteiger partial charge in [-0.25, -0.2) is 0 Å². The van der Waals surface area contributed by atoms with Gasteiger partial charge < -0.3 is 10.1 Å². The van der Waals surface area contributed by atoms with E-state index in [2.05, 4.69) is 0 Å². The molecule has 0 rings (SSSR count). The van der Waals surface area contributed by atoms with Crippen molar-refractivity contribution in [2.45, 2.75) is 20.3 Å². The van der Waals surface area contributed by atoms with Gasteiger partial charge in [-0.2, -0.15) is 0 Å². The van der Waals surface area contributed by atoms with Crippen molar-refractivity contribution in [2.75, 3.05) is 6.61 Å². The second-order valence-electron chi connectivity index (χ2n) is 1.93. The first-order valence-electron chi connectivity index (χ1n) is 3.43. The van der Waals surface area contributed by atoms with Crippen molar-refractivity contribution in [1.82, 2.24) is 0 Å². The summed E-state index contributed by atoms with van der Waals surface area (Å²) in [6.07, 6.45) is 1.76. The van der Waals surface area contributed by atoms with Crippen LogP contribution in [0.25, 0.3) is 0 Å². The maximum Gasteiger partial charge on any atom is 0.314 e. The predicted molar refractivity (Wildman–Crippen MR) is 39.2 cm³/mol. The van der Waals surface area contributed by atoms with Crippen molar-refractivity contribution in [2.24, 2.45) is 5.92 Å². The number of nitrogens with one attached hydrogen (secondary N) is 1. The van der Waals surface area contributed by atoms with E-state index in [0.717, 1.165) is 6.21 Å². The molecule has 0 bridgehead atoms. The zero-order valence-corrected chi connectivity index (χ0v) is 6.39. The van der Waals surface area contributed by atoms with E-state index in [-0.39, 0.29) is 11.9 Å². The first kappa shape index (κ1) is 9.14. The van der Waals surface area contributed by atoms with Crippen LogP contribution in [0.3, 0.4) is 0 Å². The Hall–Kier alpha value is -0.860. The van der Waals surface area contributed by atoms with Gasteiger partial charge in [-0.05, 0) is 13.3 Å². The van der Waals surface area contributed by atoms with Crippen LogP contribution in [0, 0.1) is 11.3 Å². The summed E-state index contributed by atoms with van der Waals surface area (Å²) in [6.45, 7) is 4.00. The van der Waals surface area contributed by atoms with Gasteiger partial charge in [0.15, 0.2) is 0 Å². The average Bonchev–Trinajstić information content (AvgIpc) is 1.91. The lowest BCUT2D eigenvalue weighted by Crippen LogP contribution is -2.17. The third-order valence-electron chi connectivity index (χ3n) is 1.23. The van der Waals surface area contributed by atoms with Crippen molar-refractivity contribution < 1.29 is 9.53 Å². The first-order valence-corrected chi connectivity index (χ1v) is 3.43. The van der Waals surface area contributed by atoms with E-state index in [1.54, 1.807) is 6.92 Å². The summed E-state index contributed by atoms with van der Waals surface area (Å²) in [7, 11) is 0. The molecule has 10 heavy (non-hydrogen) atoms. The number of hydrogen-bond donors (Lipinski definition) is 1. The van der Waals surface area contributed by atoms with Crippen LogP contribution in [0.15, 0.2) is 0 Å². The van der Waals surface area contributed by atoms with Gasteiger partial charge >= 0.3 is 5.97 Å². The van der Waals surface area contributed by atoms with Crippen LogP contribution in [-0.4, -0.2) is 18.8 Å². The van der Waals surface area contributed by atoms with Crippen LogP contribution in [0.4, 0.5) is 0 Å². The number of rotatable bonds is 4. The number of ether oxygens (including phenoxy) is 1. The Balaban J connectivity index is 3.76. The lowest BCUT2D eigenvalue weighted by Gasteiger charge is -2.06. The quantitative estimate of drug-likeness (QED) is 0.475. The number of carbonyl (C=O) groups excluding carboxylic acids is 1. The second-order valence-corrected chi connectivity index (χ2v) is 1.93. The zero-order valence-electron chi connectivity index (χ0n) is 6.39. The maximum atomic E-state index is 10.8. The van der Waals surface area contributed by atoms with Crippen molar-refractivity contribution in [3.05, 3.63) is 0 Å². The van der Waals surface area contributed by atoms with E-state index >= 15 is 0 Å². The van der Waals surface area contributed by atoms with Gasteiger partial charge in [0.1, 0.15) is 0 Å². The van der Waals surface area contributed by atoms with Gasteiger partial charge in [-0.1, -0.05) is 6.92 Å². The number of carbonyl (C=O) groups is 1. The number of esters is 1. The summed E-state index contributed by atoms with van der Waals surface area (Å²) in [5.41, 5.74) is 0. The van der Waals surface area contributed by atoms with Crippen LogP contribution in [-0.2, 0) is 9.53 Å². The minimum atomic E-state index is -0.347. The van der Waals surface area contributed by atoms with Gasteiger partial charge in [-0.15, -0.1) is 0 Å². The van der Waals surface area contributed by atoms with Crippen molar-refractivity contribution in [1.29, 1.82) is 5.41 Å². The molecule has 3 nitrogen and oxygen atoms in total. The van der Waals surface area contributed by atoms with Crippen molar-refractivity contribution in [3.8, 4) is 0 Å². The summed E-state index contributed by atoms with van der Waals surface area (Å²) >= 11 is 0. The fraction of sp³-hybridized carbons (Fsp3) is 0.714. The molecule has 0 aliphatic rings. The van der Waals surface area contributed by atoms with E-state index in [1.807, 2.05) is 6.92 Å². The molecule has 0 radical (unpaired) electrons. The van der Waals surface area contributed by atoms with Crippen LogP contribution in [0.2, 0.25) is 0 Å². The molecule has 3 heteroatoms. The van der Waals surface area contributed by atoms with Crippen LogP contribution in [0.1, 0.15) is 20.3 Å². The van der Waals surface area contributed by atoms with Crippen LogP contribution >= 0.6 is 0 Å². The summed E-state index contributed by atoms with van der Waals surface area (Å²) < 4.78 is 4.70. The van der Waals surface area contributed by atoms with Crippen molar-refractivity contribution >= 4 is 12.2 Å². The summed E-state index contributed by atoms with van der Waals surface area (Å²) in [4.78, 5) is 10.8. The summed E-state index contributed by atoms with van der Waals surface area (Å²) in [5.74, 6) is -0.639. The lowest BCUT2D eigenvalue weighted by atomic mass is 10.1. The highest BCUT2D eigenvalue weighted by Gasteiger charge is 2.13. The molecule has 0 aromatic heterocycles. The van der Waals surface area contributed by atoms with Gasteiger partial charge in [0.25, 0.3) is 0 Å². The standard InChI is InChI=1S/C7H13NO2/c1-3-6(5-8)7(9)10-4-2/h5-6,8H,3-4H2,1-2H3. The van der Waals surface area contributed by atoms with Gasteiger partial charge in [0, 0.05) is 6.21 Å². The molecular weight excluding hydrogens is 130 g/mol. The highest BCUT2D eigenvalue weighted by molar-refractivity contribution is 5.88. The smallest absolute Gasteiger partial charge is 0.314 e. The fourth-order valence-corrected chi connectivity index (χ4v) is 0.602. The van der Waals surface area contributed by atoms with Gasteiger partial charge in [0.05, 0.1) is 12.5 Å². The molecule has 58 valence electrons. The SMILES string of the molecule is CCOC(=O)C(C=N)CC. The molecular formula is C7H13NO2. The molecule has 0 amide bonds. The third-order valence-corrected chi connectivity index (χ3v) is 1.23. The topological polar surface area (TPSA) is 50.2 Å². The zero-order chi connectivity index (χ0) is 7.98. The molecule has 0 saturated heterocycles. The van der Waals surface area contributed by atoms with Crippen LogP contribution in [0.5, 0.6) is 0 Å². The average molecular weight is 143 g/mol. The molecule has 0 aliphatic heterocycles. The Labute approximate surface area is 60.9 Å². The first-order chi connectivity index (χ1) is 4.76. The molecule has 0 heterocycles. The Bertz CT molecular complexity index is 123. The minimum Gasteiger partial charge on any atom is -0.465 e. The van der Waals surface area contributed by atoms with Gasteiger partial charge in [-0.3, -0.25) is 4.79 Å². The fourth-order valence-electron chi connectivity index (χ4n) is 0.602. The summed E-state index contributed by atoms with van der Waals surface area (Å²) in [5, 5.41) is 6.84. The number of hydrogen-bond acceptors (Lipinski definition) is 3. The highest BCUT2D eigenvalue weighted by atomic mass is 16.5. The molecule has 0 aliphatic carbocycles. The van der Waals surface area contributed by atoms with Crippen molar-refractivity contribution in [3.63, 3.8) is 0 Å². The van der Waals surface area contributed by atoms with E-state index in [0.29, 0.717) is 13.0 Å². The molecule has 0 saturated carbocycles. The monoisotopic (exact) mass is 143 g/mol. The van der Waals surface area contributed by atoms with E-state index in [1.165, 1.54) is 0 Å². The molecule has 0 aromatic rings. The lowest BCUT2D eigenvalue weighted by molar-refractivity contribution is -0.145. The minimum absolute atomic E-state index is 0.292.